The molecule has 2 atom stereocenters. The third-order valence-electron chi connectivity index (χ3n) is 9.75. The predicted octanol–water partition coefficient (Wildman–Crippen LogP) is 3.17. The molecule has 3 saturated heterocycles. The third kappa shape index (κ3) is 5.77. The molecule has 0 bridgehead atoms. The number of ether oxygens (including phenoxy) is 1. The van der Waals surface area contributed by atoms with E-state index in [1.165, 1.54) is 50.0 Å². The summed E-state index contributed by atoms with van der Waals surface area (Å²) in [5.74, 6) is -0.0653. The SMILES string of the molecule is O=C1CCC(N2Cc3cc(OC[C@H]4CCCCN4Cc4ccc(N5CCN(C6CC6)CC5)cc4)ccc3C2=O)C(=O)N1. The maximum absolute atomic E-state index is 13.0. The van der Waals surface area contributed by atoms with Crippen molar-refractivity contribution in [1.82, 2.24) is 20.0 Å². The molecule has 1 unspecified atom stereocenters. The van der Waals surface area contributed by atoms with Crippen molar-refractivity contribution in [2.45, 2.75) is 76.2 Å². The first-order valence-electron chi connectivity index (χ1n) is 15.7. The van der Waals surface area contributed by atoms with Crippen LogP contribution in [0.15, 0.2) is 42.5 Å². The molecule has 0 radical (unpaired) electrons. The van der Waals surface area contributed by atoms with Crippen LogP contribution in [-0.2, 0) is 22.7 Å². The lowest BCUT2D eigenvalue weighted by molar-refractivity contribution is -0.136. The van der Waals surface area contributed by atoms with E-state index in [2.05, 4.69) is 44.3 Å². The highest BCUT2D eigenvalue weighted by molar-refractivity contribution is 6.05. The molecule has 5 aliphatic rings. The molecule has 0 aromatic heterocycles. The maximum Gasteiger partial charge on any atom is 0.255 e. The molecule has 9 heteroatoms. The lowest BCUT2D eigenvalue weighted by Gasteiger charge is -2.37. The fourth-order valence-corrected chi connectivity index (χ4v) is 7.12. The first-order chi connectivity index (χ1) is 20.5. The standard InChI is InChI=1S/C33H41N5O4/c39-31-13-12-30(32(40)34-31)38-21-24-19-28(10-11-29(24)33(38)41)42-22-27-3-1-2-14-37(27)20-23-4-6-25(7-5-23)35-15-17-36(18-16-35)26-8-9-26/h4-7,10-11,19,26-27,30H,1-3,8-9,12-18,20-22H2,(H,34,39,40)/t27-,30?/m1/s1. The highest BCUT2D eigenvalue weighted by Crippen LogP contribution is 2.31. The molecule has 9 nitrogen and oxygen atoms in total. The summed E-state index contributed by atoms with van der Waals surface area (Å²) in [5, 5.41) is 2.36. The number of nitrogens with one attached hydrogen (secondary N) is 1. The van der Waals surface area contributed by atoms with Crippen LogP contribution in [0.1, 0.15) is 66.4 Å². The Balaban J connectivity index is 0.939. The van der Waals surface area contributed by atoms with E-state index in [1.54, 1.807) is 4.90 Å². The molecule has 1 aliphatic carbocycles. The number of benzene rings is 2. The number of carbonyl (C=O) groups excluding carboxylic acids is 3. The van der Waals surface area contributed by atoms with Crippen LogP contribution in [0.4, 0.5) is 5.69 Å². The number of anilines is 1. The summed E-state index contributed by atoms with van der Waals surface area (Å²) >= 11 is 0. The Morgan fingerprint density at radius 3 is 2.43 bits per heavy atom. The minimum Gasteiger partial charge on any atom is -0.492 e. The Morgan fingerprint density at radius 2 is 1.67 bits per heavy atom. The Hall–Kier alpha value is -3.43. The zero-order chi connectivity index (χ0) is 28.6. The van der Waals surface area contributed by atoms with Crippen molar-refractivity contribution < 1.29 is 19.1 Å². The summed E-state index contributed by atoms with van der Waals surface area (Å²) in [5.41, 5.74) is 4.15. The molecule has 0 spiro atoms. The number of amides is 3. The molecule has 4 aliphatic heterocycles. The van der Waals surface area contributed by atoms with Gasteiger partial charge in [-0.1, -0.05) is 18.6 Å². The summed E-state index contributed by atoms with van der Waals surface area (Å²) < 4.78 is 6.31. The van der Waals surface area contributed by atoms with Gasteiger partial charge in [-0.15, -0.1) is 0 Å². The largest absolute Gasteiger partial charge is 0.492 e. The van der Waals surface area contributed by atoms with Gasteiger partial charge in [0.25, 0.3) is 5.91 Å². The van der Waals surface area contributed by atoms with Gasteiger partial charge < -0.3 is 14.5 Å². The number of hydrogen-bond acceptors (Lipinski definition) is 7. The first-order valence-corrected chi connectivity index (χ1v) is 15.7. The van der Waals surface area contributed by atoms with Crippen molar-refractivity contribution in [2.24, 2.45) is 0 Å². The van der Waals surface area contributed by atoms with Gasteiger partial charge in [0.05, 0.1) is 0 Å². The first kappa shape index (κ1) is 27.4. The van der Waals surface area contributed by atoms with Crippen molar-refractivity contribution in [3.05, 3.63) is 59.2 Å². The molecule has 1 saturated carbocycles. The van der Waals surface area contributed by atoms with Crippen molar-refractivity contribution in [3.8, 4) is 5.75 Å². The quantitative estimate of drug-likeness (QED) is 0.488. The zero-order valence-corrected chi connectivity index (χ0v) is 24.3. The van der Waals surface area contributed by atoms with Gasteiger partial charge >= 0.3 is 0 Å². The molecule has 42 heavy (non-hydrogen) atoms. The summed E-state index contributed by atoms with van der Waals surface area (Å²) in [4.78, 5) is 46.2. The van der Waals surface area contributed by atoms with E-state index in [0.29, 0.717) is 31.2 Å². The Morgan fingerprint density at radius 1 is 0.857 bits per heavy atom. The van der Waals surface area contributed by atoms with E-state index >= 15 is 0 Å². The van der Waals surface area contributed by atoms with Crippen molar-refractivity contribution in [3.63, 3.8) is 0 Å². The molecule has 2 aromatic rings. The number of piperazine rings is 1. The molecule has 1 N–H and O–H groups in total. The summed E-state index contributed by atoms with van der Waals surface area (Å²) in [6, 6.07) is 15.4. The Bertz CT molecular complexity index is 1330. The second-order valence-electron chi connectivity index (χ2n) is 12.6. The molecule has 222 valence electrons. The van der Waals surface area contributed by atoms with Crippen LogP contribution < -0.4 is 15.0 Å². The molecule has 4 fully saturated rings. The van der Waals surface area contributed by atoms with Gasteiger partial charge in [0.1, 0.15) is 18.4 Å². The lowest BCUT2D eigenvalue weighted by atomic mass is 10.0. The summed E-state index contributed by atoms with van der Waals surface area (Å²) in [6.45, 7) is 7.55. The van der Waals surface area contributed by atoms with Crippen LogP contribution in [-0.4, -0.2) is 89.9 Å². The van der Waals surface area contributed by atoms with Crippen molar-refractivity contribution in [1.29, 1.82) is 0 Å². The van der Waals surface area contributed by atoms with Gasteiger partial charge in [-0.05, 0) is 80.1 Å². The number of piperidine rings is 2. The molecule has 4 heterocycles. The van der Waals surface area contributed by atoms with Crippen LogP contribution >= 0.6 is 0 Å². The topological polar surface area (TPSA) is 85.4 Å². The number of carbonyl (C=O) groups is 3. The van der Waals surface area contributed by atoms with Crippen molar-refractivity contribution in [2.75, 3.05) is 44.2 Å². The fraction of sp³-hybridized carbons (Fsp3) is 0.545. The van der Waals surface area contributed by atoms with E-state index in [4.69, 9.17) is 4.74 Å². The van der Waals surface area contributed by atoms with Crippen LogP contribution in [0.25, 0.3) is 0 Å². The number of imide groups is 1. The lowest BCUT2D eigenvalue weighted by Crippen LogP contribution is -2.52. The fourth-order valence-electron chi connectivity index (χ4n) is 7.12. The number of nitrogens with zero attached hydrogens (tertiary/aromatic N) is 4. The number of rotatable bonds is 8. The monoisotopic (exact) mass is 571 g/mol. The van der Waals surface area contributed by atoms with Gasteiger partial charge in [0.2, 0.25) is 11.8 Å². The average molecular weight is 572 g/mol. The number of fused-ring (bicyclic) bond motifs is 1. The van der Waals surface area contributed by atoms with E-state index in [-0.39, 0.29) is 24.1 Å². The maximum atomic E-state index is 13.0. The van der Waals surface area contributed by atoms with Gasteiger partial charge in [-0.3, -0.25) is 29.5 Å². The third-order valence-corrected chi connectivity index (χ3v) is 9.75. The minimum atomic E-state index is -0.602. The van der Waals surface area contributed by atoms with Crippen LogP contribution in [0.5, 0.6) is 5.75 Å². The molecule has 2 aromatic carbocycles. The summed E-state index contributed by atoms with van der Waals surface area (Å²) in [7, 11) is 0. The Labute approximate surface area is 247 Å². The normalized spacial score (nSPS) is 25.5. The molecular weight excluding hydrogens is 530 g/mol. The van der Waals surface area contributed by atoms with Gasteiger partial charge in [0.15, 0.2) is 0 Å². The number of hydrogen-bond donors (Lipinski definition) is 1. The van der Waals surface area contributed by atoms with Gasteiger partial charge in [-0.2, -0.15) is 0 Å². The average Bonchev–Trinajstić information content (AvgIpc) is 3.81. The smallest absolute Gasteiger partial charge is 0.255 e. The van der Waals surface area contributed by atoms with Crippen LogP contribution in [0.3, 0.4) is 0 Å². The van der Waals surface area contributed by atoms with E-state index in [9.17, 15) is 14.4 Å². The van der Waals surface area contributed by atoms with E-state index in [1.807, 2.05) is 18.2 Å². The second kappa shape index (κ2) is 11.7. The highest BCUT2D eigenvalue weighted by atomic mass is 16.5. The van der Waals surface area contributed by atoms with Gasteiger partial charge in [-0.25, -0.2) is 0 Å². The van der Waals surface area contributed by atoms with Crippen molar-refractivity contribution >= 4 is 23.4 Å². The zero-order valence-electron chi connectivity index (χ0n) is 24.3. The second-order valence-corrected chi connectivity index (χ2v) is 12.6. The molecule has 7 rings (SSSR count). The van der Waals surface area contributed by atoms with E-state index < -0.39 is 6.04 Å². The van der Waals surface area contributed by atoms with Crippen LogP contribution in [0.2, 0.25) is 0 Å². The summed E-state index contributed by atoms with van der Waals surface area (Å²) in [6.07, 6.45) is 6.91. The minimum absolute atomic E-state index is 0.156. The van der Waals surface area contributed by atoms with Crippen LogP contribution in [0, 0.1) is 0 Å². The van der Waals surface area contributed by atoms with Gasteiger partial charge in [0, 0.05) is 69.0 Å². The van der Waals surface area contributed by atoms with E-state index in [0.717, 1.165) is 50.0 Å². The number of likely N-dealkylation sites (tertiary alicyclic amines) is 1. The predicted molar refractivity (Wildman–Crippen MR) is 159 cm³/mol. The Kier molecular flexibility index (Phi) is 7.63. The molecular formula is C33H41N5O4. The highest BCUT2D eigenvalue weighted by Gasteiger charge is 2.39. The molecule has 3 amide bonds.